The summed E-state index contributed by atoms with van der Waals surface area (Å²) in [7, 11) is -0.567. The summed E-state index contributed by atoms with van der Waals surface area (Å²) in [5, 5.41) is 0. The lowest BCUT2D eigenvalue weighted by Gasteiger charge is -2.19. The largest absolute Gasteiger partial charge is 0.460 e. The molecule has 3 heteroatoms. The molecule has 0 N–H and O–H groups in total. The van der Waals surface area contributed by atoms with E-state index < -0.39 is 9.04 Å². The van der Waals surface area contributed by atoms with Gasteiger partial charge in [0.25, 0.3) is 0 Å². The van der Waals surface area contributed by atoms with Gasteiger partial charge < -0.3 is 4.12 Å². The van der Waals surface area contributed by atoms with Gasteiger partial charge in [-0.25, -0.2) is 0 Å². The molecule has 0 heterocycles. The molecule has 0 aliphatic heterocycles. The molecule has 0 atom stereocenters. The third-order valence-corrected chi connectivity index (χ3v) is 7.10. The molecule has 1 saturated carbocycles. The molecule has 0 aromatic rings. The summed E-state index contributed by atoms with van der Waals surface area (Å²) in [5.41, 5.74) is 1.01. The van der Waals surface area contributed by atoms with Crippen LogP contribution in [0.3, 0.4) is 0 Å². The minimum atomic E-state index is -0.392. The van der Waals surface area contributed by atoms with Gasteiger partial charge in [0.1, 0.15) is 9.76 Å². The van der Waals surface area contributed by atoms with E-state index in [1.807, 2.05) is 0 Å². The number of hydrogen-bond donors (Lipinski definition) is 0. The topological polar surface area (TPSA) is 9.23 Å². The molecule has 13 heavy (non-hydrogen) atoms. The first-order chi connectivity index (χ1) is 6.29. The Morgan fingerprint density at radius 1 is 1.00 bits per heavy atom. The Balaban J connectivity index is 2.14. The van der Waals surface area contributed by atoms with Gasteiger partial charge in [-0.1, -0.05) is 44.9 Å². The molecular formula is C10H23OSi2. The molecule has 0 aromatic heterocycles. The lowest BCUT2D eigenvalue weighted by Crippen LogP contribution is -2.17. The van der Waals surface area contributed by atoms with Crippen molar-refractivity contribution in [3.05, 3.63) is 0 Å². The molecule has 0 aromatic carbocycles. The fraction of sp³-hybridized carbons (Fsp3) is 1.00. The minimum Gasteiger partial charge on any atom is -0.460 e. The van der Waals surface area contributed by atoms with Crippen molar-refractivity contribution in [3.8, 4) is 0 Å². The van der Waals surface area contributed by atoms with Gasteiger partial charge in [-0.3, -0.25) is 0 Å². The molecule has 1 aliphatic rings. The Bertz CT molecular complexity index is 120. The van der Waals surface area contributed by atoms with Crippen LogP contribution >= 0.6 is 0 Å². The van der Waals surface area contributed by atoms with Crippen molar-refractivity contribution in [2.24, 2.45) is 0 Å². The second-order valence-corrected chi connectivity index (χ2v) is 8.89. The van der Waals surface area contributed by atoms with Crippen LogP contribution in [0.4, 0.5) is 0 Å². The molecule has 0 amide bonds. The highest BCUT2D eigenvalue weighted by molar-refractivity contribution is 6.56. The Labute approximate surface area is 86.9 Å². The standard InChI is InChI=1S/C10H23OSi2/c1-13(2)11-12-10-8-6-4-3-5-7-9-10/h10H,3-9,12H2,1-2H3. The van der Waals surface area contributed by atoms with Crippen LogP contribution in [0.1, 0.15) is 44.9 Å². The monoisotopic (exact) mass is 215 g/mol. The second-order valence-electron chi connectivity index (χ2n) is 4.43. The summed E-state index contributed by atoms with van der Waals surface area (Å²) in [4.78, 5) is 0. The molecule has 0 spiro atoms. The first-order valence-electron chi connectivity index (χ1n) is 5.72. The zero-order chi connectivity index (χ0) is 9.52. The molecule has 0 saturated heterocycles. The number of hydrogen-bond acceptors (Lipinski definition) is 1. The van der Waals surface area contributed by atoms with E-state index in [9.17, 15) is 0 Å². The molecule has 77 valence electrons. The summed E-state index contributed by atoms with van der Waals surface area (Å²) in [6.07, 6.45) is 10.3. The van der Waals surface area contributed by atoms with E-state index in [-0.39, 0.29) is 9.76 Å². The third kappa shape index (κ3) is 5.65. The molecule has 1 radical (unpaired) electrons. The summed E-state index contributed by atoms with van der Waals surface area (Å²) < 4.78 is 5.92. The fourth-order valence-corrected chi connectivity index (χ4v) is 5.18. The number of rotatable bonds is 3. The van der Waals surface area contributed by atoms with Gasteiger partial charge in [-0.2, -0.15) is 0 Å². The first-order valence-corrected chi connectivity index (χ1v) is 9.52. The zero-order valence-corrected chi connectivity index (χ0v) is 11.6. The van der Waals surface area contributed by atoms with Crippen molar-refractivity contribution in [1.29, 1.82) is 0 Å². The van der Waals surface area contributed by atoms with Crippen molar-refractivity contribution in [2.45, 2.75) is 63.6 Å². The van der Waals surface area contributed by atoms with Crippen molar-refractivity contribution < 1.29 is 4.12 Å². The molecular weight excluding hydrogens is 192 g/mol. The fourth-order valence-electron chi connectivity index (χ4n) is 1.99. The van der Waals surface area contributed by atoms with E-state index in [0.717, 1.165) is 5.54 Å². The van der Waals surface area contributed by atoms with Crippen LogP contribution < -0.4 is 0 Å². The normalized spacial score (nSPS) is 22.4. The van der Waals surface area contributed by atoms with Crippen LogP contribution in [-0.2, 0) is 4.12 Å². The minimum absolute atomic E-state index is 0.174. The summed E-state index contributed by atoms with van der Waals surface area (Å²) in [6.45, 7) is 4.53. The second kappa shape index (κ2) is 6.79. The maximum Gasteiger partial charge on any atom is 0.190 e. The average molecular weight is 215 g/mol. The smallest absolute Gasteiger partial charge is 0.190 e. The lowest BCUT2D eigenvalue weighted by atomic mass is 10.0. The van der Waals surface area contributed by atoms with Crippen molar-refractivity contribution in [1.82, 2.24) is 0 Å². The van der Waals surface area contributed by atoms with Crippen molar-refractivity contribution >= 4 is 18.8 Å². The summed E-state index contributed by atoms with van der Waals surface area (Å²) in [5.74, 6) is 0. The van der Waals surface area contributed by atoms with E-state index >= 15 is 0 Å². The Morgan fingerprint density at radius 2 is 1.54 bits per heavy atom. The Hall–Kier alpha value is 0.394. The van der Waals surface area contributed by atoms with E-state index in [1.165, 1.54) is 44.9 Å². The maximum atomic E-state index is 5.92. The van der Waals surface area contributed by atoms with Gasteiger partial charge in [0.2, 0.25) is 0 Å². The summed E-state index contributed by atoms with van der Waals surface area (Å²) in [6, 6.07) is 0. The SMILES string of the molecule is C[Si](C)O[SiH2]C1CCCCCCC1. The van der Waals surface area contributed by atoms with Gasteiger partial charge in [-0.05, 0) is 18.6 Å². The van der Waals surface area contributed by atoms with E-state index in [2.05, 4.69) is 13.1 Å². The van der Waals surface area contributed by atoms with Gasteiger partial charge in [0.05, 0.1) is 0 Å². The molecule has 0 unspecified atom stereocenters. The summed E-state index contributed by atoms with van der Waals surface area (Å²) >= 11 is 0. The van der Waals surface area contributed by atoms with Crippen LogP contribution in [0.2, 0.25) is 18.6 Å². The van der Waals surface area contributed by atoms with Gasteiger partial charge in [0, 0.05) is 0 Å². The van der Waals surface area contributed by atoms with E-state index in [1.54, 1.807) is 0 Å². The van der Waals surface area contributed by atoms with Crippen LogP contribution in [0, 0.1) is 0 Å². The van der Waals surface area contributed by atoms with Crippen LogP contribution in [0.5, 0.6) is 0 Å². The molecule has 1 fully saturated rings. The molecule has 1 nitrogen and oxygen atoms in total. The molecule has 1 rings (SSSR count). The average Bonchev–Trinajstić information content (AvgIpc) is 2.01. The first kappa shape index (κ1) is 11.5. The van der Waals surface area contributed by atoms with Crippen LogP contribution in [-0.4, -0.2) is 18.8 Å². The quantitative estimate of drug-likeness (QED) is 0.658. The van der Waals surface area contributed by atoms with Crippen LogP contribution in [0.25, 0.3) is 0 Å². The Morgan fingerprint density at radius 3 is 2.08 bits per heavy atom. The molecule has 0 bridgehead atoms. The highest BCUT2D eigenvalue weighted by Gasteiger charge is 2.12. The van der Waals surface area contributed by atoms with Crippen molar-refractivity contribution in [2.75, 3.05) is 0 Å². The van der Waals surface area contributed by atoms with Gasteiger partial charge >= 0.3 is 0 Å². The third-order valence-electron chi connectivity index (χ3n) is 2.83. The highest BCUT2D eigenvalue weighted by Crippen LogP contribution is 2.26. The highest BCUT2D eigenvalue weighted by atomic mass is 28.3. The maximum absolute atomic E-state index is 5.92. The lowest BCUT2D eigenvalue weighted by molar-refractivity contribution is 0.477. The van der Waals surface area contributed by atoms with Crippen molar-refractivity contribution in [3.63, 3.8) is 0 Å². The van der Waals surface area contributed by atoms with E-state index in [0.29, 0.717) is 0 Å². The predicted molar refractivity (Wildman–Crippen MR) is 63.2 cm³/mol. The Kier molecular flexibility index (Phi) is 5.99. The van der Waals surface area contributed by atoms with E-state index in [4.69, 9.17) is 4.12 Å². The van der Waals surface area contributed by atoms with Gasteiger partial charge in [-0.15, -0.1) is 0 Å². The predicted octanol–water partition coefficient (Wildman–Crippen LogP) is 2.87. The van der Waals surface area contributed by atoms with Gasteiger partial charge in [0.15, 0.2) is 9.04 Å². The molecule has 1 aliphatic carbocycles. The zero-order valence-electron chi connectivity index (χ0n) is 9.14. The van der Waals surface area contributed by atoms with Crippen LogP contribution in [0.15, 0.2) is 0 Å².